The lowest BCUT2D eigenvalue weighted by molar-refractivity contribution is -0.120. The van der Waals surface area contributed by atoms with Crippen LogP contribution in [0.3, 0.4) is 0 Å². The molecule has 0 spiro atoms. The minimum atomic E-state index is -0.154. The van der Waals surface area contributed by atoms with Crippen LogP contribution in [0.25, 0.3) is 21.6 Å². The number of nitrogens with zero attached hydrogens (tertiary/aromatic N) is 4. The molecular formula is C21H18ClN5O2S. The molecule has 4 heterocycles. The topological polar surface area (TPSA) is 84.2 Å². The van der Waals surface area contributed by atoms with E-state index in [1.165, 1.54) is 0 Å². The highest BCUT2D eigenvalue weighted by Crippen LogP contribution is 2.31. The zero-order chi connectivity index (χ0) is 20.5. The molecule has 1 amide bonds. The third kappa shape index (κ3) is 3.88. The molecule has 0 bridgehead atoms. The first kappa shape index (κ1) is 19.0. The lowest BCUT2D eigenvalue weighted by Crippen LogP contribution is -2.40. The lowest BCUT2D eigenvalue weighted by Gasteiger charge is -2.31. The monoisotopic (exact) mass is 439 g/mol. The van der Waals surface area contributed by atoms with Crippen molar-refractivity contribution >= 4 is 50.2 Å². The van der Waals surface area contributed by atoms with E-state index in [9.17, 15) is 4.79 Å². The molecule has 152 valence electrons. The Morgan fingerprint density at radius 3 is 3.07 bits per heavy atom. The number of nitrogens with one attached hydrogen (secondary N) is 1. The predicted molar refractivity (Wildman–Crippen MR) is 118 cm³/mol. The fraction of sp³-hybridized carbons (Fsp3) is 0.238. The average molecular weight is 440 g/mol. The van der Waals surface area contributed by atoms with E-state index >= 15 is 0 Å². The maximum absolute atomic E-state index is 12.8. The molecule has 1 N–H and O–H groups in total. The molecule has 1 atom stereocenters. The zero-order valence-corrected chi connectivity index (χ0v) is 17.5. The summed E-state index contributed by atoms with van der Waals surface area (Å²) in [6.45, 7) is 1.49. The van der Waals surface area contributed by atoms with E-state index in [1.54, 1.807) is 35.7 Å². The van der Waals surface area contributed by atoms with Crippen LogP contribution in [-0.2, 0) is 4.79 Å². The maximum Gasteiger partial charge on any atom is 0.231 e. The first-order valence-corrected chi connectivity index (χ1v) is 10.9. The summed E-state index contributed by atoms with van der Waals surface area (Å²) in [6, 6.07) is 12.9. The van der Waals surface area contributed by atoms with E-state index in [4.69, 9.17) is 16.1 Å². The number of amides is 1. The Kier molecular flexibility index (Phi) is 5.10. The van der Waals surface area contributed by atoms with Gasteiger partial charge in [-0.3, -0.25) is 10.1 Å². The molecule has 3 aromatic heterocycles. The van der Waals surface area contributed by atoms with Crippen molar-refractivity contribution in [2.24, 2.45) is 5.92 Å². The molecule has 30 heavy (non-hydrogen) atoms. The summed E-state index contributed by atoms with van der Waals surface area (Å²) in [5, 5.41) is 8.42. The van der Waals surface area contributed by atoms with Gasteiger partial charge in [0.1, 0.15) is 16.0 Å². The van der Waals surface area contributed by atoms with Crippen molar-refractivity contribution in [2.45, 2.75) is 12.8 Å². The lowest BCUT2D eigenvalue weighted by atomic mass is 9.97. The van der Waals surface area contributed by atoms with Gasteiger partial charge < -0.3 is 9.42 Å². The number of piperidine rings is 1. The second-order valence-electron chi connectivity index (χ2n) is 7.19. The molecule has 0 radical (unpaired) electrons. The second kappa shape index (κ2) is 8.04. The molecule has 7 nitrogen and oxygen atoms in total. The highest BCUT2D eigenvalue weighted by atomic mass is 35.5. The summed E-state index contributed by atoms with van der Waals surface area (Å²) in [5.41, 5.74) is 2.35. The number of anilines is 2. The standard InChI is InChI=1S/C21H18ClN5O2S/c22-15-6-1-4-13(10-15)17-11-18(29-26-17)25-19(28)14-5-3-9-27(12-14)21-24-16-7-2-8-23-20(16)30-21/h1-2,4,6-8,10-11,14H,3,5,9,12H2,(H,25,28). The Bertz CT molecular complexity index is 1170. The van der Waals surface area contributed by atoms with Crippen LogP contribution in [-0.4, -0.2) is 34.1 Å². The van der Waals surface area contributed by atoms with Crippen molar-refractivity contribution in [1.82, 2.24) is 15.1 Å². The van der Waals surface area contributed by atoms with E-state index in [2.05, 4.69) is 25.3 Å². The Balaban J connectivity index is 1.27. The average Bonchev–Trinajstić information content (AvgIpc) is 3.41. The van der Waals surface area contributed by atoms with E-state index < -0.39 is 0 Å². The van der Waals surface area contributed by atoms with E-state index in [1.807, 2.05) is 24.3 Å². The Hall–Kier alpha value is -2.97. The van der Waals surface area contributed by atoms with Crippen LogP contribution < -0.4 is 10.2 Å². The third-order valence-corrected chi connectivity index (χ3v) is 6.37. The quantitative estimate of drug-likeness (QED) is 0.489. The van der Waals surface area contributed by atoms with Crippen LogP contribution in [0.4, 0.5) is 11.0 Å². The van der Waals surface area contributed by atoms with Crippen LogP contribution in [0.1, 0.15) is 12.8 Å². The van der Waals surface area contributed by atoms with Gasteiger partial charge in [0, 0.05) is 35.9 Å². The zero-order valence-electron chi connectivity index (χ0n) is 15.9. The summed E-state index contributed by atoms with van der Waals surface area (Å²) in [5.74, 6) is 0.0995. The van der Waals surface area contributed by atoms with Gasteiger partial charge in [0.15, 0.2) is 5.13 Å². The molecular weight excluding hydrogens is 422 g/mol. The van der Waals surface area contributed by atoms with Gasteiger partial charge in [0.05, 0.1) is 5.92 Å². The number of pyridine rings is 1. The summed E-state index contributed by atoms with van der Waals surface area (Å²) < 4.78 is 5.31. The molecule has 0 saturated carbocycles. The first-order valence-electron chi connectivity index (χ1n) is 9.66. The van der Waals surface area contributed by atoms with Gasteiger partial charge in [0.2, 0.25) is 11.8 Å². The van der Waals surface area contributed by atoms with Gasteiger partial charge in [-0.15, -0.1) is 0 Å². The molecule has 1 aromatic carbocycles. The van der Waals surface area contributed by atoms with Crippen LogP contribution >= 0.6 is 22.9 Å². The van der Waals surface area contributed by atoms with Crippen molar-refractivity contribution in [2.75, 3.05) is 23.3 Å². The van der Waals surface area contributed by atoms with Gasteiger partial charge in [-0.2, -0.15) is 0 Å². The normalized spacial score (nSPS) is 16.7. The molecule has 1 aliphatic heterocycles. The fourth-order valence-corrected chi connectivity index (χ4v) is 4.73. The van der Waals surface area contributed by atoms with Crippen molar-refractivity contribution in [3.63, 3.8) is 0 Å². The van der Waals surface area contributed by atoms with Crippen molar-refractivity contribution in [1.29, 1.82) is 0 Å². The largest absolute Gasteiger partial charge is 0.347 e. The summed E-state index contributed by atoms with van der Waals surface area (Å²) in [4.78, 5) is 24.9. The van der Waals surface area contributed by atoms with Crippen molar-refractivity contribution < 1.29 is 9.32 Å². The van der Waals surface area contributed by atoms with Gasteiger partial charge in [-0.05, 0) is 37.1 Å². The van der Waals surface area contributed by atoms with E-state index in [-0.39, 0.29) is 11.8 Å². The fourth-order valence-electron chi connectivity index (χ4n) is 3.60. The molecule has 1 fully saturated rings. The predicted octanol–water partition coefficient (Wildman–Crippen LogP) is 4.85. The van der Waals surface area contributed by atoms with Gasteiger partial charge >= 0.3 is 0 Å². The molecule has 1 unspecified atom stereocenters. The Morgan fingerprint density at radius 1 is 1.27 bits per heavy atom. The first-order chi connectivity index (χ1) is 14.7. The molecule has 4 aromatic rings. The van der Waals surface area contributed by atoms with E-state index in [0.29, 0.717) is 23.1 Å². The minimum absolute atomic E-state index is 0.0762. The Labute approximate surface area is 181 Å². The number of fused-ring (bicyclic) bond motifs is 1. The third-order valence-electron chi connectivity index (χ3n) is 5.09. The molecule has 5 rings (SSSR count). The number of aromatic nitrogens is 3. The van der Waals surface area contributed by atoms with Crippen LogP contribution in [0.5, 0.6) is 0 Å². The van der Waals surface area contributed by atoms with Gasteiger partial charge in [0.25, 0.3) is 0 Å². The van der Waals surface area contributed by atoms with Crippen molar-refractivity contribution in [3.8, 4) is 11.3 Å². The molecule has 1 saturated heterocycles. The van der Waals surface area contributed by atoms with Gasteiger partial charge in [-0.25, -0.2) is 9.97 Å². The summed E-state index contributed by atoms with van der Waals surface area (Å²) in [6.07, 6.45) is 3.51. The number of halogens is 1. The van der Waals surface area contributed by atoms with Crippen LogP contribution in [0, 0.1) is 5.92 Å². The minimum Gasteiger partial charge on any atom is -0.347 e. The van der Waals surface area contributed by atoms with Gasteiger partial charge in [-0.1, -0.05) is 40.2 Å². The van der Waals surface area contributed by atoms with E-state index in [0.717, 1.165) is 40.4 Å². The number of hydrogen-bond acceptors (Lipinski definition) is 7. The smallest absolute Gasteiger partial charge is 0.231 e. The van der Waals surface area contributed by atoms with Crippen molar-refractivity contribution in [3.05, 3.63) is 53.7 Å². The van der Waals surface area contributed by atoms with Crippen LogP contribution in [0.2, 0.25) is 5.02 Å². The number of carbonyl (C=O) groups is 1. The SMILES string of the molecule is O=C(Nc1cc(-c2cccc(Cl)c2)no1)C1CCCN(c2nc3cccnc3s2)C1. The maximum atomic E-state index is 12.8. The molecule has 1 aliphatic rings. The summed E-state index contributed by atoms with van der Waals surface area (Å²) in [7, 11) is 0. The highest BCUT2D eigenvalue weighted by Gasteiger charge is 2.28. The Morgan fingerprint density at radius 2 is 2.20 bits per heavy atom. The number of thiazole rings is 1. The summed E-state index contributed by atoms with van der Waals surface area (Å²) >= 11 is 7.59. The number of rotatable bonds is 4. The van der Waals surface area contributed by atoms with Crippen LogP contribution in [0.15, 0.2) is 53.2 Å². The number of carbonyl (C=O) groups excluding carboxylic acids is 1. The number of hydrogen-bond donors (Lipinski definition) is 1. The molecule has 0 aliphatic carbocycles. The second-order valence-corrected chi connectivity index (χ2v) is 8.58. The highest BCUT2D eigenvalue weighted by molar-refractivity contribution is 7.21. The molecule has 9 heteroatoms. The number of benzene rings is 1.